The zero-order valence-corrected chi connectivity index (χ0v) is 19.2. The van der Waals surface area contributed by atoms with Crippen LogP contribution in [-0.4, -0.2) is 49.9 Å². The number of rotatable bonds is 8. The van der Waals surface area contributed by atoms with Crippen LogP contribution in [0.4, 0.5) is 5.69 Å². The zero-order valence-electron chi connectivity index (χ0n) is 16.8. The lowest BCUT2D eigenvalue weighted by atomic mass is 10.1. The lowest BCUT2D eigenvalue weighted by Crippen LogP contribution is -2.42. The van der Waals surface area contributed by atoms with Gasteiger partial charge in [0.1, 0.15) is 0 Å². The summed E-state index contributed by atoms with van der Waals surface area (Å²) in [6, 6.07) is 7.63. The third-order valence-electron chi connectivity index (χ3n) is 3.92. The second-order valence-electron chi connectivity index (χ2n) is 6.34. The average Bonchev–Trinajstić information content (AvgIpc) is 2.63. The van der Waals surface area contributed by atoms with Crippen molar-refractivity contribution in [2.45, 2.75) is 33.7 Å². The molecule has 27 heavy (non-hydrogen) atoms. The van der Waals surface area contributed by atoms with Gasteiger partial charge in [-0.3, -0.25) is 9.59 Å². The highest BCUT2D eigenvalue weighted by molar-refractivity contribution is 14.0. The van der Waals surface area contributed by atoms with Gasteiger partial charge < -0.3 is 20.9 Å². The molecule has 0 bridgehead atoms. The standard InChI is InChI=1S/C19H31N5O2.HI/c1-6-14(3)18(26)23-16-10-8-9-15(11-16)12-21-19(20-7-2)22-13-17(25)24(4)5;/h8-11,14H,6-7,12-13H2,1-5H3,(H,23,26)(H2,20,21,22);1H. The number of halogens is 1. The molecule has 0 heterocycles. The van der Waals surface area contributed by atoms with Crippen molar-refractivity contribution in [3.8, 4) is 0 Å². The van der Waals surface area contributed by atoms with Crippen LogP contribution in [0.5, 0.6) is 0 Å². The first kappa shape index (κ1) is 25.2. The zero-order chi connectivity index (χ0) is 19.5. The Hall–Kier alpha value is -1.84. The van der Waals surface area contributed by atoms with Crippen molar-refractivity contribution >= 4 is 47.4 Å². The van der Waals surface area contributed by atoms with E-state index in [4.69, 9.17) is 0 Å². The van der Waals surface area contributed by atoms with Crippen molar-refractivity contribution in [2.75, 3.05) is 32.5 Å². The quantitative estimate of drug-likeness (QED) is 0.298. The fraction of sp³-hybridized carbons (Fsp3) is 0.526. The number of nitrogens with one attached hydrogen (secondary N) is 3. The molecule has 2 amide bonds. The molecule has 0 aliphatic carbocycles. The van der Waals surface area contributed by atoms with Crippen molar-refractivity contribution in [3.63, 3.8) is 0 Å². The van der Waals surface area contributed by atoms with E-state index >= 15 is 0 Å². The average molecular weight is 489 g/mol. The van der Waals surface area contributed by atoms with Crippen molar-refractivity contribution < 1.29 is 9.59 Å². The Morgan fingerprint density at radius 1 is 1.19 bits per heavy atom. The van der Waals surface area contributed by atoms with Gasteiger partial charge in [-0.1, -0.05) is 26.0 Å². The van der Waals surface area contributed by atoms with Gasteiger partial charge in [0.05, 0.1) is 13.1 Å². The molecule has 1 aromatic carbocycles. The predicted octanol–water partition coefficient (Wildman–Crippen LogP) is 2.43. The Morgan fingerprint density at radius 3 is 2.48 bits per heavy atom. The number of likely N-dealkylation sites (N-methyl/N-ethyl adjacent to an activating group) is 1. The maximum absolute atomic E-state index is 12.0. The first-order valence-electron chi connectivity index (χ1n) is 8.99. The van der Waals surface area contributed by atoms with E-state index in [9.17, 15) is 9.59 Å². The van der Waals surface area contributed by atoms with Crippen LogP contribution in [0.25, 0.3) is 0 Å². The van der Waals surface area contributed by atoms with Crippen LogP contribution >= 0.6 is 24.0 Å². The van der Waals surface area contributed by atoms with Gasteiger partial charge in [0.25, 0.3) is 0 Å². The Morgan fingerprint density at radius 2 is 1.89 bits per heavy atom. The normalized spacial score (nSPS) is 11.8. The van der Waals surface area contributed by atoms with Gasteiger partial charge in [0, 0.05) is 32.2 Å². The molecular weight excluding hydrogens is 457 g/mol. The van der Waals surface area contributed by atoms with Crippen LogP contribution in [0.1, 0.15) is 32.8 Å². The van der Waals surface area contributed by atoms with Gasteiger partial charge in [-0.15, -0.1) is 24.0 Å². The summed E-state index contributed by atoms with van der Waals surface area (Å²) in [6.45, 7) is 7.20. The van der Waals surface area contributed by atoms with Crippen molar-refractivity contribution in [3.05, 3.63) is 29.8 Å². The molecule has 0 saturated carbocycles. The molecule has 8 heteroatoms. The van der Waals surface area contributed by atoms with Gasteiger partial charge in [-0.25, -0.2) is 4.99 Å². The molecule has 0 radical (unpaired) electrons. The van der Waals surface area contributed by atoms with Crippen molar-refractivity contribution in [2.24, 2.45) is 10.9 Å². The first-order chi connectivity index (χ1) is 12.4. The maximum atomic E-state index is 12.0. The van der Waals surface area contributed by atoms with E-state index in [1.54, 1.807) is 14.1 Å². The van der Waals surface area contributed by atoms with E-state index < -0.39 is 0 Å². The molecule has 0 fully saturated rings. The van der Waals surface area contributed by atoms with Gasteiger partial charge in [0.15, 0.2) is 5.96 Å². The van der Waals surface area contributed by atoms with Gasteiger partial charge in [0.2, 0.25) is 11.8 Å². The van der Waals surface area contributed by atoms with Crippen LogP contribution in [0.2, 0.25) is 0 Å². The highest BCUT2D eigenvalue weighted by atomic mass is 127. The summed E-state index contributed by atoms with van der Waals surface area (Å²) in [6.07, 6.45) is 0.805. The molecule has 152 valence electrons. The topological polar surface area (TPSA) is 85.8 Å². The number of nitrogens with zero attached hydrogens (tertiary/aromatic N) is 2. The lowest BCUT2D eigenvalue weighted by molar-refractivity contribution is -0.127. The molecule has 3 N–H and O–H groups in total. The first-order valence-corrected chi connectivity index (χ1v) is 8.99. The molecular formula is C19H32IN5O2. The SMILES string of the molecule is CCNC(=NCc1cccc(NC(=O)C(C)CC)c1)NCC(=O)N(C)C.I. The number of hydrogen-bond donors (Lipinski definition) is 3. The van der Waals surface area contributed by atoms with E-state index in [1.165, 1.54) is 4.90 Å². The molecule has 1 atom stereocenters. The minimum Gasteiger partial charge on any atom is -0.357 e. The second kappa shape index (κ2) is 13.3. The Labute approximate surface area is 179 Å². The molecule has 7 nitrogen and oxygen atoms in total. The summed E-state index contributed by atoms with van der Waals surface area (Å²) in [4.78, 5) is 29.7. The summed E-state index contributed by atoms with van der Waals surface area (Å²) in [7, 11) is 3.43. The maximum Gasteiger partial charge on any atom is 0.241 e. The van der Waals surface area contributed by atoms with Gasteiger partial charge >= 0.3 is 0 Å². The largest absolute Gasteiger partial charge is 0.357 e. The van der Waals surface area contributed by atoms with Crippen LogP contribution in [0, 0.1) is 5.92 Å². The number of anilines is 1. The summed E-state index contributed by atoms with van der Waals surface area (Å²) >= 11 is 0. The minimum atomic E-state index is -0.0228. The third-order valence-corrected chi connectivity index (χ3v) is 3.92. The van der Waals surface area contributed by atoms with Crippen LogP contribution in [0.3, 0.4) is 0 Å². The molecule has 0 spiro atoms. The summed E-state index contributed by atoms with van der Waals surface area (Å²) in [5.41, 5.74) is 1.74. The Balaban J connectivity index is 0.00000676. The van der Waals surface area contributed by atoms with Gasteiger partial charge in [-0.05, 0) is 31.0 Å². The number of hydrogen-bond acceptors (Lipinski definition) is 3. The van der Waals surface area contributed by atoms with E-state index in [0.717, 1.165) is 17.7 Å². The summed E-state index contributed by atoms with van der Waals surface area (Å²) in [5.74, 6) is 0.558. The number of carbonyl (C=O) groups excluding carboxylic acids is 2. The van der Waals surface area contributed by atoms with Crippen LogP contribution in [0.15, 0.2) is 29.3 Å². The summed E-state index contributed by atoms with van der Waals surface area (Å²) in [5, 5.41) is 9.06. The van der Waals surface area contributed by atoms with E-state index in [-0.39, 0.29) is 48.3 Å². The number of amides is 2. The Bertz CT molecular complexity index is 634. The second-order valence-corrected chi connectivity index (χ2v) is 6.34. The molecule has 0 aromatic heterocycles. The fourth-order valence-electron chi connectivity index (χ4n) is 2.03. The smallest absolute Gasteiger partial charge is 0.241 e. The number of benzene rings is 1. The molecule has 0 aliphatic rings. The highest BCUT2D eigenvalue weighted by Gasteiger charge is 2.10. The van der Waals surface area contributed by atoms with E-state index in [2.05, 4.69) is 20.9 Å². The number of aliphatic imine (C=N–C) groups is 1. The molecule has 0 saturated heterocycles. The van der Waals surface area contributed by atoms with Crippen LogP contribution < -0.4 is 16.0 Å². The molecule has 0 aliphatic heterocycles. The highest BCUT2D eigenvalue weighted by Crippen LogP contribution is 2.13. The Kier molecular flexibility index (Phi) is 12.4. The monoisotopic (exact) mass is 489 g/mol. The molecule has 1 aromatic rings. The van der Waals surface area contributed by atoms with Crippen molar-refractivity contribution in [1.29, 1.82) is 0 Å². The minimum absolute atomic E-state index is 0. The third kappa shape index (κ3) is 9.60. The number of carbonyl (C=O) groups is 2. The summed E-state index contributed by atoms with van der Waals surface area (Å²) < 4.78 is 0. The molecule has 1 unspecified atom stereocenters. The van der Waals surface area contributed by atoms with E-state index in [1.807, 2.05) is 45.0 Å². The van der Waals surface area contributed by atoms with E-state index in [0.29, 0.717) is 19.0 Å². The lowest BCUT2D eigenvalue weighted by Gasteiger charge is -2.14. The number of guanidine groups is 1. The van der Waals surface area contributed by atoms with Gasteiger partial charge in [-0.2, -0.15) is 0 Å². The fourth-order valence-corrected chi connectivity index (χ4v) is 2.03. The predicted molar refractivity (Wildman–Crippen MR) is 121 cm³/mol. The molecule has 1 rings (SSSR count). The van der Waals surface area contributed by atoms with Crippen LogP contribution in [-0.2, 0) is 16.1 Å². The van der Waals surface area contributed by atoms with Crippen molar-refractivity contribution in [1.82, 2.24) is 15.5 Å².